The Morgan fingerprint density at radius 1 is 1.08 bits per heavy atom. The molecule has 2 aromatic rings. The minimum atomic E-state index is -0.872. The fourth-order valence-corrected chi connectivity index (χ4v) is 2.12. The van der Waals surface area contributed by atoms with Gasteiger partial charge in [-0.15, -0.1) is 0 Å². The van der Waals surface area contributed by atoms with E-state index in [4.69, 9.17) is 14.2 Å². The molecule has 0 saturated carbocycles. The number of benzene rings is 1. The number of ether oxygens (including phenoxy) is 3. The molecule has 2 rings (SSSR count). The Kier molecular flexibility index (Phi) is 6.78. The van der Waals surface area contributed by atoms with Crippen molar-refractivity contribution in [1.82, 2.24) is 4.98 Å². The van der Waals surface area contributed by atoms with Crippen LogP contribution >= 0.6 is 0 Å². The van der Waals surface area contributed by atoms with Gasteiger partial charge >= 0.3 is 5.97 Å². The normalized spacial score (nSPS) is 10.1. The van der Waals surface area contributed by atoms with Gasteiger partial charge in [0.05, 0.1) is 13.2 Å². The second-order valence-corrected chi connectivity index (χ2v) is 5.06. The molecule has 1 heterocycles. The van der Waals surface area contributed by atoms with E-state index in [1.165, 1.54) is 18.3 Å². The summed E-state index contributed by atoms with van der Waals surface area (Å²) in [7, 11) is 0. The lowest BCUT2D eigenvalue weighted by molar-refractivity contribution is -0.119. The number of carbonyl (C=O) groups excluding carboxylic acids is 2. The number of carbonyl (C=O) groups is 2. The number of amides is 1. The number of aromatic nitrogens is 1. The summed E-state index contributed by atoms with van der Waals surface area (Å²) >= 11 is 0. The molecule has 1 amide bonds. The van der Waals surface area contributed by atoms with E-state index in [1.54, 1.807) is 18.2 Å². The van der Waals surface area contributed by atoms with E-state index < -0.39 is 24.0 Å². The van der Waals surface area contributed by atoms with E-state index in [2.05, 4.69) is 10.3 Å². The Labute approximate surface area is 150 Å². The number of rotatable bonds is 8. The highest BCUT2D eigenvalue weighted by Gasteiger charge is 2.14. The van der Waals surface area contributed by atoms with E-state index in [-0.39, 0.29) is 5.56 Å². The molecule has 0 aliphatic carbocycles. The summed E-state index contributed by atoms with van der Waals surface area (Å²) in [6.07, 6.45) is 1.40. The maximum atomic E-state index is 12.0. The summed E-state index contributed by atoms with van der Waals surface area (Å²) in [6, 6.07) is 7.76. The van der Waals surface area contributed by atoms with Crippen LogP contribution in [-0.2, 0) is 9.53 Å². The molecular weight excluding hydrogens is 340 g/mol. The first kappa shape index (κ1) is 19.0. The average Bonchev–Trinajstić information content (AvgIpc) is 2.62. The SMILES string of the molecule is CCOc1ccc(NC(=O)COC(=O)c2ccc[nH]c2=O)cc1OCC. The minimum absolute atomic E-state index is 0.167. The van der Waals surface area contributed by atoms with E-state index >= 15 is 0 Å². The Morgan fingerprint density at radius 3 is 2.50 bits per heavy atom. The number of hydrogen-bond donors (Lipinski definition) is 2. The summed E-state index contributed by atoms with van der Waals surface area (Å²) < 4.78 is 15.8. The van der Waals surface area contributed by atoms with Gasteiger partial charge in [-0.2, -0.15) is 0 Å². The predicted molar refractivity (Wildman–Crippen MR) is 94.8 cm³/mol. The highest BCUT2D eigenvalue weighted by atomic mass is 16.5. The molecule has 0 aliphatic heterocycles. The summed E-state index contributed by atoms with van der Waals surface area (Å²) in [5.41, 5.74) is -0.277. The summed E-state index contributed by atoms with van der Waals surface area (Å²) in [4.78, 5) is 37.6. The standard InChI is InChI=1S/C18H20N2O6/c1-3-24-14-8-7-12(10-15(14)25-4-2)20-16(21)11-26-18(23)13-6-5-9-19-17(13)22/h5-10H,3-4,11H2,1-2H3,(H,19,22)(H,20,21). The number of pyridine rings is 1. The zero-order valence-corrected chi connectivity index (χ0v) is 14.5. The largest absolute Gasteiger partial charge is 0.490 e. The first-order valence-electron chi connectivity index (χ1n) is 8.09. The second-order valence-electron chi connectivity index (χ2n) is 5.06. The molecule has 1 aromatic carbocycles. The Hall–Kier alpha value is -3.29. The molecule has 1 aromatic heterocycles. The van der Waals surface area contributed by atoms with Crippen molar-refractivity contribution in [1.29, 1.82) is 0 Å². The fourth-order valence-electron chi connectivity index (χ4n) is 2.12. The number of esters is 1. The topological polar surface area (TPSA) is 107 Å². The van der Waals surface area contributed by atoms with Crippen molar-refractivity contribution in [3.05, 3.63) is 52.4 Å². The van der Waals surface area contributed by atoms with Crippen molar-refractivity contribution in [3.8, 4) is 11.5 Å². The Bertz CT molecular complexity index is 830. The molecule has 26 heavy (non-hydrogen) atoms. The molecule has 0 radical (unpaired) electrons. The highest BCUT2D eigenvalue weighted by molar-refractivity contribution is 5.95. The van der Waals surface area contributed by atoms with Gasteiger partial charge in [-0.25, -0.2) is 4.79 Å². The molecule has 8 heteroatoms. The molecule has 0 fully saturated rings. The van der Waals surface area contributed by atoms with Gasteiger partial charge in [-0.1, -0.05) is 0 Å². The molecule has 0 aliphatic rings. The third-order valence-electron chi connectivity index (χ3n) is 3.20. The maximum Gasteiger partial charge on any atom is 0.344 e. The minimum Gasteiger partial charge on any atom is -0.490 e. The van der Waals surface area contributed by atoms with Crippen LogP contribution in [0.15, 0.2) is 41.3 Å². The first-order chi connectivity index (χ1) is 12.5. The number of anilines is 1. The van der Waals surface area contributed by atoms with Crippen molar-refractivity contribution in [2.75, 3.05) is 25.1 Å². The van der Waals surface area contributed by atoms with Crippen molar-refractivity contribution in [3.63, 3.8) is 0 Å². The van der Waals surface area contributed by atoms with Crippen LogP contribution in [0.4, 0.5) is 5.69 Å². The van der Waals surface area contributed by atoms with Crippen LogP contribution in [0.3, 0.4) is 0 Å². The van der Waals surface area contributed by atoms with Crippen LogP contribution in [0.2, 0.25) is 0 Å². The molecule has 138 valence electrons. The van der Waals surface area contributed by atoms with Crippen LogP contribution in [0, 0.1) is 0 Å². The van der Waals surface area contributed by atoms with Gasteiger partial charge in [0.25, 0.3) is 11.5 Å². The van der Waals surface area contributed by atoms with Gasteiger partial charge in [-0.05, 0) is 38.1 Å². The third kappa shape index (κ3) is 5.10. The quantitative estimate of drug-likeness (QED) is 0.697. The van der Waals surface area contributed by atoms with Gasteiger partial charge in [0.15, 0.2) is 18.1 Å². The smallest absolute Gasteiger partial charge is 0.344 e. The third-order valence-corrected chi connectivity index (χ3v) is 3.20. The lowest BCUT2D eigenvalue weighted by Crippen LogP contribution is -2.24. The zero-order valence-electron chi connectivity index (χ0n) is 14.5. The fraction of sp³-hybridized carbons (Fsp3) is 0.278. The molecule has 0 atom stereocenters. The number of nitrogens with one attached hydrogen (secondary N) is 2. The maximum absolute atomic E-state index is 12.0. The Balaban J connectivity index is 1.97. The number of aromatic amines is 1. The van der Waals surface area contributed by atoms with Gasteiger partial charge in [0.1, 0.15) is 5.56 Å². The van der Waals surface area contributed by atoms with Crippen molar-refractivity contribution in [2.24, 2.45) is 0 Å². The average molecular weight is 360 g/mol. The van der Waals surface area contributed by atoms with Gasteiger partial charge in [0, 0.05) is 18.0 Å². The lowest BCUT2D eigenvalue weighted by Gasteiger charge is -2.13. The Morgan fingerprint density at radius 2 is 1.81 bits per heavy atom. The van der Waals surface area contributed by atoms with Crippen LogP contribution in [-0.4, -0.2) is 36.7 Å². The van der Waals surface area contributed by atoms with E-state index in [0.717, 1.165) is 0 Å². The number of hydrogen-bond acceptors (Lipinski definition) is 6. The summed E-state index contributed by atoms with van der Waals surface area (Å²) in [5, 5.41) is 2.59. The zero-order chi connectivity index (χ0) is 18.9. The molecule has 0 spiro atoms. The van der Waals surface area contributed by atoms with Crippen molar-refractivity contribution < 1.29 is 23.8 Å². The number of H-pyrrole nitrogens is 1. The van der Waals surface area contributed by atoms with Crippen LogP contribution in [0.25, 0.3) is 0 Å². The molecule has 0 bridgehead atoms. The lowest BCUT2D eigenvalue weighted by atomic mass is 10.2. The van der Waals surface area contributed by atoms with Crippen LogP contribution < -0.4 is 20.3 Å². The molecule has 0 saturated heterocycles. The van der Waals surface area contributed by atoms with Crippen molar-refractivity contribution >= 4 is 17.6 Å². The molecule has 2 N–H and O–H groups in total. The summed E-state index contributed by atoms with van der Waals surface area (Å²) in [5.74, 6) is -0.344. The van der Waals surface area contributed by atoms with E-state index in [1.807, 2.05) is 13.8 Å². The van der Waals surface area contributed by atoms with E-state index in [9.17, 15) is 14.4 Å². The van der Waals surface area contributed by atoms with Crippen molar-refractivity contribution in [2.45, 2.75) is 13.8 Å². The predicted octanol–water partition coefficient (Wildman–Crippen LogP) is 1.97. The summed E-state index contributed by atoms with van der Waals surface area (Å²) in [6.45, 7) is 4.11. The molecular formula is C18H20N2O6. The first-order valence-corrected chi connectivity index (χ1v) is 8.09. The second kappa shape index (κ2) is 9.26. The van der Waals surface area contributed by atoms with Gasteiger partial charge in [0.2, 0.25) is 0 Å². The monoisotopic (exact) mass is 360 g/mol. The van der Waals surface area contributed by atoms with Crippen LogP contribution in [0.1, 0.15) is 24.2 Å². The van der Waals surface area contributed by atoms with Gasteiger partial charge < -0.3 is 24.5 Å². The highest BCUT2D eigenvalue weighted by Crippen LogP contribution is 2.30. The van der Waals surface area contributed by atoms with E-state index in [0.29, 0.717) is 30.4 Å². The molecule has 0 unspecified atom stereocenters. The molecule has 8 nitrogen and oxygen atoms in total. The van der Waals surface area contributed by atoms with Crippen LogP contribution in [0.5, 0.6) is 11.5 Å². The van der Waals surface area contributed by atoms with Gasteiger partial charge in [-0.3, -0.25) is 9.59 Å².